The molecular formula is C20H22N4O2. The van der Waals surface area contributed by atoms with E-state index in [0.717, 1.165) is 24.1 Å². The number of carbonyl (C=O) groups is 2. The van der Waals surface area contributed by atoms with E-state index in [0.29, 0.717) is 31.7 Å². The summed E-state index contributed by atoms with van der Waals surface area (Å²) in [5.74, 6) is 0.00708. The van der Waals surface area contributed by atoms with E-state index in [1.165, 1.54) is 0 Å². The molecule has 4 rings (SSSR count). The second-order valence-electron chi connectivity index (χ2n) is 7.02. The Labute approximate surface area is 152 Å². The van der Waals surface area contributed by atoms with Gasteiger partial charge in [-0.3, -0.25) is 14.6 Å². The van der Waals surface area contributed by atoms with Crippen molar-refractivity contribution in [3.05, 3.63) is 59.9 Å². The Morgan fingerprint density at radius 3 is 2.62 bits per heavy atom. The van der Waals surface area contributed by atoms with Crippen LogP contribution >= 0.6 is 0 Å². The van der Waals surface area contributed by atoms with E-state index in [1.54, 1.807) is 18.3 Å². The number of anilines is 1. The Bertz CT molecular complexity index is 814. The van der Waals surface area contributed by atoms with Crippen LogP contribution in [0.2, 0.25) is 0 Å². The minimum atomic E-state index is -0.318. The summed E-state index contributed by atoms with van der Waals surface area (Å²) in [4.78, 5) is 30.9. The Hall–Kier alpha value is -2.89. The molecule has 1 spiro atoms. The topological polar surface area (TPSA) is 74.3 Å². The highest BCUT2D eigenvalue weighted by atomic mass is 16.2. The molecule has 0 saturated carbocycles. The molecule has 0 radical (unpaired) electrons. The standard InChI is InChI=1S/C20H22N4O2/c25-18-13-20(23-16-6-2-1-5-15(16)14-22-18)8-11-24(12-9-20)19(26)17-7-3-4-10-21-17/h1-7,10,23H,8-9,11-14H2,(H,22,25). The number of likely N-dealkylation sites (tertiary alicyclic amines) is 1. The Morgan fingerprint density at radius 2 is 1.85 bits per heavy atom. The van der Waals surface area contributed by atoms with E-state index in [4.69, 9.17) is 0 Å². The molecule has 134 valence electrons. The quantitative estimate of drug-likeness (QED) is 0.827. The first-order valence-electron chi connectivity index (χ1n) is 8.98. The van der Waals surface area contributed by atoms with E-state index < -0.39 is 0 Å². The van der Waals surface area contributed by atoms with Crippen LogP contribution in [-0.2, 0) is 11.3 Å². The van der Waals surface area contributed by atoms with Crippen LogP contribution in [0.4, 0.5) is 5.69 Å². The van der Waals surface area contributed by atoms with E-state index in [1.807, 2.05) is 29.2 Å². The van der Waals surface area contributed by atoms with Crippen LogP contribution in [-0.4, -0.2) is 40.3 Å². The molecule has 0 atom stereocenters. The average molecular weight is 350 g/mol. The molecule has 1 saturated heterocycles. The van der Waals surface area contributed by atoms with Crippen molar-refractivity contribution in [3.63, 3.8) is 0 Å². The molecule has 2 aliphatic rings. The second kappa shape index (κ2) is 6.78. The summed E-state index contributed by atoms with van der Waals surface area (Å²) in [6.45, 7) is 1.76. The molecule has 1 fully saturated rings. The van der Waals surface area contributed by atoms with Crippen molar-refractivity contribution in [2.24, 2.45) is 0 Å². The number of rotatable bonds is 1. The van der Waals surface area contributed by atoms with Gasteiger partial charge < -0.3 is 15.5 Å². The third-order valence-electron chi connectivity index (χ3n) is 5.28. The largest absolute Gasteiger partial charge is 0.379 e. The number of pyridine rings is 1. The lowest BCUT2D eigenvalue weighted by Crippen LogP contribution is -2.53. The molecule has 2 N–H and O–H groups in total. The SMILES string of the molecule is O=C1CC2(CCN(C(=O)c3ccccn3)CC2)Nc2ccccc2CN1. The van der Waals surface area contributed by atoms with Gasteiger partial charge in [-0.25, -0.2) is 0 Å². The first-order valence-corrected chi connectivity index (χ1v) is 8.98. The van der Waals surface area contributed by atoms with Crippen molar-refractivity contribution >= 4 is 17.5 Å². The predicted octanol–water partition coefficient (Wildman–Crippen LogP) is 2.19. The van der Waals surface area contributed by atoms with Crippen LogP contribution < -0.4 is 10.6 Å². The zero-order valence-corrected chi connectivity index (χ0v) is 14.6. The van der Waals surface area contributed by atoms with Gasteiger partial charge in [0.2, 0.25) is 5.91 Å². The van der Waals surface area contributed by atoms with Gasteiger partial charge in [-0.2, -0.15) is 0 Å². The van der Waals surface area contributed by atoms with Crippen LogP contribution in [0.5, 0.6) is 0 Å². The van der Waals surface area contributed by atoms with Crippen molar-refractivity contribution in [3.8, 4) is 0 Å². The second-order valence-corrected chi connectivity index (χ2v) is 7.02. The van der Waals surface area contributed by atoms with E-state index in [9.17, 15) is 9.59 Å². The number of benzene rings is 1. The predicted molar refractivity (Wildman–Crippen MR) is 98.6 cm³/mol. The van der Waals surface area contributed by atoms with Crippen molar-refractivity contribution in [1.82, 2.24) is 15.2 Å². The van der Waals surface area contributed by atoms with Crippen molar-refractivity contribution in [1.29, 1.82) is 0 Å². The molecule has 2 amide bonds. The van der Waals surface area contributed by atoms with Gasteiger partial charge in [0.1, 0.15) is 5.69 Å². The number of nitrogens with zero attached hydrogens (tertiary/aromatic N) is 2. The number of carbonyl (C=O) groups excluding carboxylic acids is 2. The zero-order valence-electron chi connectivity index (χ0n) is 14.6. The molecule has 1 aromatic heterocycles. The first kappa shape index (κ1) is 16.6. The Morgan fingerprint density at radius 1 is 1.08 bits per heavy atom. The van der Waals surface area contributed by atoms with Gasteiger partial charge in [0.05, 0.1) is 0 Å². The van der Waals surface area contributed by atoms with Gasteiger partial charge in [0, 0.05) is 43.5 Å². The summed E-state index contributed by atoms with van der Waals surface area (Å²) in [7, 11) is 0. The molecule has 2 aliphatic heterocycles. The molecule has 0 unspecified atom stereocenters. The van der Waals surface area contributed by atoms with Crippen LogP contribution in [0.1, 0.15) is 35.3 Å². The fourth-order valence-corrected chi connectivity index (χ4v) is 3.78. The zero-order chi connectivity index (χ0) is 18.0. The molecule has 2 aromatic rings. The lowest BCUT2D eigenvalue weighted by molar-refractivity contribution is -0.122. The monoisotopic (exact) mass is 350 g/mol. The lowest BCUT2D eigenvalue weighted by atomic mass is 9.82. The van der Waals surface area contributed by atoms with Crippen molar-refractivity contribution in [2.75, 3.05) is 18.4 Å². The van der Waals surface area contributed by atoms with Crippen LogP contribution in [0, 0.1) is 0 Å². The molecule has 1 aromatic carbocycles. The van der Waals surface area contributed by atoms with Gasteiger partial charge in [-0.05, 0) is 36.6 Å². The minimum Gasteiger partial charge on any atom is -0.379 e. The summed E-state index contributed by atoms with van der Waals surface area (Å²) < 4.78 is 0. The number of hydrogen-bond donors (Lipinski definition) is 2. The third kappa shape index (κ3) is 3.27. The molecule has 0 aliphatic carbocycles. The van der Waals surface area contributed by atoms with E-state index in [-0.39, 0.29) is 17.4 Å². The Kier molecular flexibility index (Phi) is 4.32. The maximum atomic E-state index is 12.6. The molecule has 6 nitrogen and oxygen atoms in total. The number of amides is 2. The number of hydrogen-bond acceptors (Lipinski definition) is 4. The van der Waals surface area contributed by atoms with Gasteiger partial charge >= 0.3 is 0 Å². The molecule has 6 heteroatoms. The van der Waals surface area contributed by atoms with E-state index in [2.05, 4.69) is 21.7 Å². The smallest absolute Gasteiger partial charge is 0.272 e. The number of para-hydroxylation sites is 1. The van der Waals surface area contributed by atoms with Crippen molar-refractivity contribution in [2.45, 2.75) is 31.3 Å². The van der Waals surface area contributed by atoms with Crippen LogP contribution in [0.25, 0.3) is 0 Å². The molecule has 3 heterocycles. The fourth-order valence-electron chi connectivity index (χ4n) is 3.78. The minimum absolute atomic E-state index is 0.0452. The normalized spacial score (nSPS) is 18.9. The molecular weight excluding hydrogens is 328 g/mol. The van der Waals surface area contributed by atoms with E-state index >= 15 is 0 Å². The van der Waals surface area contributed by atoms with Gasteiger partial charge in [-0.1, -0.05) is 24.3 Å². The highest BCUT2D eigenvalue weighted by molar-refractivity contribution is 5.92. The summed E-state index contributed by atoms with van der Waals surface area (Å²) in [5, 5.41) is 6.63. The molecule has 26 heavy (non-hydrogen) atoms. The summed E-state index contributed by atoms with van der Waals surface area (Å²) in [5.41, 5.74) is 2.31. The molecule has 0 bridgehead atoms. The average Bonchev–Trinajstić information content (AvgIpc) is 2.67. The van der Waals surface area contributed by atoms with Gasteiger partial charge in [0.15, 0.2) is 0 Å². The summed E-state index contributed by atoms with van der Waals surface area (Å²) in [6.07, 6.45) is 3.52. The van der Waals surface area contributed by atoms with Crippen molar-refractivity contribution < 1.29 is 9.59 Å². The first-order chi connectivity index (χ1) is 12.7. The highest BCUT2D eigenvalue weighted by Crippen LogP contribution is 2.33. The Balaban J connectivity index is 1.52. The number of fused-ring (bicyclic) bond motifs is 1. The van der Waals surface area contributed by atoms with Crippen LogP contribution in [0.3, 0.4) is 0 Å². The van der Waals surface area contributed by atoms with Crippen LogP contribution in [0.15, 0.2) is 48.7 Å². The third-order valence-corrected chi connectivity index (χ3v) is 5.28. The number of piperidine rings is 1. The fraction of sp³-hybridized carbons (Fsp3) is 0.350. The maximum absolute atomic E-state index is 12.6. The maximum Gasteiger partial charge on any atom is 0.272 e. The highest BCUT2D eigenvalue weighted by Gasteiger charge is 2.39. The summed E-state index contributed by atoms with van der Waals surface area (Å²) >= 11 is 0. The number of aromatic nitrogens is 1. The van der Waals surface area contributed by atoms with Gasteiger partial charge in [-0.15, -0.1) is 0 Å². The summed E-state index contributed by atoms with van der Waals surface area (Å²) in [6, 6.07) is 13.4. The lowest BCUT2D eigenvalue weighted by Gasteiger charge is -2.43. The van der Waals surface area contributed by atoms with Gasteiger partial charge in [0.25, 0.3) is 5.91 Å². The number of nitrogens with one attached hydrogen (secondary N) is 2.